The van der Waals surface area contributed by atoms with Crippen LogP contribution in [0, 0.1) is 18.7 Å². The third-order valence-electron chi connectivity index (χ3n) is 3.73. The third kappa shape index (κ3) is 4.99. The van der Waals surface area contributed by atoms with Gasteiger partial charge in [-0.15, -0.1) is 11.3 Å². The molecule has 0 saturated carbocycles. The summed E-state index contributed by atoms with van der Waals surface area (Å²) in [6, 6.07) is 6.11. The standard InChI is InChI=1S/C17H20FN3O3S/c1-10(15(22)23)9-21(3)17(24)20-16-19-11(2)14(25-16)8-12-6-4-5-7-13(12)18/h4-7,10H,8-9H2,1-3H3,(H,22,23)(H,19,20,24). The van der Waals surface area contributed by atoms with Crippen LogP contribution in [0.3, 0.4) is 0 Å². The van der Waals surface area contributed by atoms with Crippen molar-refractivity contribution in [2.24, 2.45) is 5.92 Å². The van der Waals surface area contributed by atoms with Crippen LogP contribution in [0.1, 0.15) is 23.1 Å². The number of aromatic nitrogens is 1. The Balaban J connectivity index is 2.03. The van der Waals surface area contributed by atoms with Gasteiger partial charge in [-0.1, -0.05) is 25.1 Å². The maximum absolute atomic E-state index is 13.8. The Kier molecular flexibility index (Phi) is 6.08. The predicted octanol–water partition coefficient (Wildman–Crippen LogP) is 3.37. The van der Waals surface area contributed by atoms with Gasteiger partial charge in [0, 0.05) is 24.9 Å². The van der Waals surface area contributed by atoms with Gasteiger partial charge in [0.25, 0.3) is 0 Å². The molecule has 2 aromatic rings. The number of benzene rings is 1. The van der Waals surface area contributed by atoms with Gasteiger partial charge in [-0.05, 0) is 18.6 Å². The summed E-state index contributed by atoms with van der Waals surface area (Å²) in [5, 5.41) is 12.0. The molecule has 0 spiro atoms. The van der Waals surface area contributed by atoms with Crippen molar-refractivity contribution in [3.8, 4) is 0 Å². The van der Waals surface area contributed by atoms with E-state index in [0.29, 0.717) is 17.1 Å². The first-order chi connectivity index (χ1) is 11.8. The quantitative estimate of drug-likeness (QED) is 0.822. The van der Waals surface area contributed by atoms with E-state index in [2.05, 4.69) is 10.3 Å². The van der Waals surface area contributed by atoms with Crippen molar-refractivity contribution in [3.05, 3.63) is 46.2 Å². The molecule has 134 valence electrons. The zero-order chi connectivity index (χ0) is 18.6. The number of carboxylic acids is 1. The van der Waals surface area contributed by atoms with Crippen molar-refractivity contribution in [1.29, 1.82) is 0 Å². The molecule has 0 aliphatic rings. The van der Waals surface area contributed by atoms with Crippen LogP contribution in [0.2, 0.25) is 0 Å². The first kappa shape index (κ1) is 18.9. The van der Waals surface area contributed by atoms with Crippen molar-refractivity contribution in [3.63, 3.8) is 0 Å². The Labute approximate surface area is 149 Å². The number of carbonyl (C=O) groups excluding carboxylic acids is 1. The van der Waals surface area contributed by atoms with E-state index in [1.807, 2.05) is 0 Å². The van der Waals surface area contributed by atoms with Crippen LogP contribution in [0.15, 0.2) is 24.3 Å². The smallest absolute Gasteiger partial charge is 0.323 e. The van der Waals surface area contributed by atoms with Crippen LogP contribution < -0.4 is 5.32 Å². The van der Waals surface area contributed by atoms with Crippen molar-refractivity contribution >= 4 is 28.5 Å². The Morgan fingerprint density at radius 3 is 2.72 bits per heavy atom. The number of amides is 2. The number of carbonyl (C=O) groups is 2. The van der Waals surface area contributed by atoms with Gasteiger partial charge in [0.1, 0.15) is 5.82 Å². The number of hydrogen-bond donors (Lipinski definition) is 2. The monoisotopic (exact) mass is 365 g/mol. The van der Waals surface area contributed by atoms with E-state index in [1.165, 1.54) is 36.3 Å². The molecule has 0 bridgehead atoms. The van der Waals surface area contributed by atoms with Crippen LogP contribution in [-0.4, -0.2) is 40.6 Å². The van der Waals surface area contributed by atoms with Crippen molar-refractivity contribution in [2.75, 3.05) is 18.9 Å². The fourth-order valence-electron chi connectivity index (χ4n) is 2.22. The summed E-state index contributed by atoms with van der Waals surface area (Å²) in [6.45, 7) is 3.43. The molecule has 6 nitrogen and oxygen atoms in total. The molecule has 2 rings (SSSR count). The highest BCUT2D eigenvalue weighted by molar-refractivity contribution is 7.15. The minimum absolute atomic E-state index is 0.0909. The SMILES string of the molecule is Cc1nc(NC(=O)N(C)CC(C)C(=O)O)sc1Cc1ccccc1F. The number of thiazole rings is 1. The second kappa shape index (κ2) is 8.06. The highest BCUT2D eigenvalue weighted by atomic mass is 32.1. The van der Waals surface area contributed by atoms with Gasteiger partial charge in [-0.3, -0.25) is 10.1 Å². The summed E-state index contributed by atoms with van der Waals surface area (Å²) in [5.74, 6) is -1.90. The Bertz CT molecular complexity index is 778. The zero-order valence-corrected chi connectivity index (χ0v) is 15.1. The van der Waals surface area contributed by atoms with E-state index in [0.717, 1.165) is 10.6 Å². The lowest BCUT2D eigenvalue weighted by Crippen LogP contribution is -2.36. The number of hydrogen-bond acceptors (Lipinski definition) is 4. The minimum Gasteiger partial charge on any atom is -0.481 e. The molecule has 1 atom stereocenters. The van der Waals surface area contributed by atoms with Gasteiger partial charge >= 0.3 is 12.0 Å². The second-order valence-electron chi connectivity index (χ2n) is 5.85. The van der Waals surface area contributed by atoms with Crippen LogP contribution in [0.25, 0.3) is 0 Å². The number of carboxylic acid groups (broad SMARTS) is 1. The first-order valence-corrected chi connectivity index (χ1v) is 8.54. The average Bonchev–Trinajstić information content (AvgIpc) is 2.88. The molecule has 0 fully saturated rings. The van der Waals surface area contributed by atoms with Gasteiger partial charge in [0.05, 0.1) is 11.6 Å². The topological polar surface area (TPSA) is 82.5 Å². The highest BCUT2D eigenvalue weighted by Crippen LogP contribution is 2.26. The van der Waals surface area contributed by atoms with E-state index in [4.69, 9.17) is 5.11 Å². The number of nitrogens with zero attached hydrogens (tertiary/aromatic N) is 2. The molecule has 2 amide bonds. The van der Waals surface area contributed by atoms with Crippen LogP contribution in [0.4, 0.5) is 14.3 Å². The Hall–Kier alpha value is -2.48. The summed E-state index contributed by atoms with van der Waals surface area (Å²) in [7, 11) is 1.52. The number of nitrogens with one attached hydrogen (secondary N) is 1. The fourth-order valence-corrected chi connectivity index (χ4v) is 3.19. The summed E-state index contributed by atoms with van der Waals surface area (Å²) in [5.41, 5.74) is 1.30. The van der Waals surface area contributed by atoms with Crippen molar-refractivity contribution in [1.82, 2.24) is 9.88 Å². The zero-order valence-electron chi connectivity index (χ0n) is 14.2. The maximum atomic E-state index is 13.8. The fraction of sp³-hybridized carbons (Fsp3) is 0.353. The van der Waals surface area contributed by atoms with Crippen LogP contribution >= 0.6 is 11.3 Å². The van der Waals surface area contributed by atoms with E-state index in [-0.39, 0.29) is 12.4 Å². The molecular weight excluding hydrogens is 345 g/mol. The van der Waals surface area contributed by atoms with Crippen LogP contribution in [0.5, 0.6) is 0 Å². The number of aliphatic carboxylic acids is 1. The molecule has 1 aromatic carbocycles. The number of halogens is 1. The molecular formula is C17H20FN3O3S. The van der Waals surface area contributed by atoms with Gasteiger partial charge in [0.15, 0.2) is 5.13 Å². The van der Waals surface area contributed by atoms with Gasteiger partial charge in [-0.2, -0.15) is 0 Å². The van der Waals surface area contributed by atoms with Gasteiger partial charge < -0.3 is 10.0 Å². The van der Waals surface area contributed by atoms with E-state index < -0.39 is 17.9 Å². The Morgan fingerprint density at radius 2 is 2.08 bits per heavy atom. The van der Waals surface area contributed by atoms with Crippen molar-refractivity contribution < 1.29 is 19.1 Å². The molecule has 8 heteroatoms. The van der Waals surface area contributed by atoms with Crippen LogP contribution in [-0.2, 0) is 11.2 Å². The summed E-state index contributed by atoms with van der Waals surface area (Å²) in [6.07, 6.45) is 0.401. The van der Waals surface area contributed by atoms with E-state index in [9.17, 15) is 14.0 Å². The summed E-state index contributed by atoms with van der Waals surface area (Å²) in [4.78, 5) is 29.5. The Morgan fingerprint density at radius 1 is 1.40 bits per heavy atom. The number of anilines is 1. The maximum Gasteiger partial charge on any atom is 0.323 e. The molecule has 1 heterocycles. The molecule has 2 N–H and O–H groups in total. The second-order valence-corrected chi connectivity index (χ2v) is 6.93. The molecule has 0 saturated heterocycles. The molecule has 1 unspecified atom stereocenters. The number of urea groups is 1. The lowest BCUT2D eigenvalue weighted by molar-refractivity contribution is -0.141. The highest BCUT2D eigenvalue weighted by Gasteiger charge is 2.19. The lowest BCUT2D eigenvalue weighted by Gasteiger charge is -2.19. The molecule has 25 heavy (non-hydrogen) atoms. The van der Waals surface area contributed by atoms with Gasteiger partial charge in [-0.25, -0.2) is 14.2 Å². The minimum atomic E-state index is -0.961. The average molecular weight is 365 g/mol. The largest absolute Gasteiger partial charge is 0.481 e. The molecule has 0 aliphatic heterocycles. The van der Waals surface area contributed by atoms with Gasteiger partial charge in [0.2, 0.25) is 0 Å². The first-order valence-electron chi connectivity index (χ1n) is 7.72. The van der Waals surface area contributed by atoms with Crippen molar-refractivity contribution in [2.45, 2.75) is 20.3 Å². The number of aryl methyl sites for hydroxylation is 1. The van der Waals surface area contributed by atoms with E-state index >= 15 is 0 Å². The third-order valence-corrected chi connectivity index (χ3v) is 4.80. The number of rotatable bonds is 6. The summed E-state index contributed by atoms with van der Waals surface area (Å²) >= 11 is 1.28. The summed E-state index contributed by atoms with van der Waals surface area (Å²) < 4.78 is 13.8. The molecule has 0 radical (unpaired) electrons. The molecule has 0 aliphatic carbocycles. The van der Waals surface area contributed by atoms with E-state index in [1.54, 1.807) is 25.1 Å². The molecule has 1 aromatic heterocycles. The predicted molar refractivity (Wildman–Crippen MR) is 94.5 cm³/mol. The normalized spacial score (nSPS) is 11.8. The lowest BCUT2D eigenvalue weighted by atomic mass is 10.1.